The number of halogens is 3. The first-order valence-electron chi connectivity index (χ1n) is 6.58. The molecule has 1 fully saturated rings. The average Bonchev–Trinajstić information content (AvgIpc) is 2.26. The molecule has 1 rings (SSSR count). The highest BCUT2D eigenvalue weighted by Crippen LogP contribution is 2.32. The third kappa shape index (κ3) is 4.51. The summed E-state index contributed by atoms with van der Waals surface area (Å²) < 4.78 is 36.6. The summed E-state index contributed by atoms with van der Waals surface area (Å²) in [5.74, 6) is -1.57. The monoisotopic (exact) mass is 279 g/mol. The summed E-state index contributed by atoms with van der Waals surface area (Å²) in [6.07, 6.45) is -2.74. The van der Waals surface area contributed by atoms with Crippen LogP contribution in [0.5, 0.6) is 0 Å². The van der Waals surface area contributed by atoms with Crippen molar-refractivity contribution in [3.05, 3.63) is 0 Å². The summed E-state index contributed by atoms with van der Waals surface area (Å²) in [4.78, 5) is 23.7. The zero-order valence-corrected chi connectivity index (χ0v) is 11.3. The summed E-state index contributed by atoms with van der Waals surface area (Å²) >= 11 is 0. The van der Waals surface area contributed by atoms with E-state index in [9.17, 15) is 22.8 Å². The van der Waals surface area contributed by atoms with Crippen molar-refractivity contribution in [3.8, 4) is 0 Å². The van der Waals surface area contributed by atoms with Crippen LogP contribution in [0, 0.1) is 5.92 Å². The van der Waals surface area contributed by atoms with Gasteiger partial charge in [-0.3, -0.25) is 9.59 Å². The van der Waals surface area contributed by atoms with E-state index in [-0.39, 0.29) is 11.7 Å². The number of amides is 1. The van der Waals surface area contributed by atoms with Crippen LogP contribution in [-0.2, 0) is 9.59 Å². The van der Waals surface area contributed by atoms with Crippen molar-refractivity contribution in [1.82, 2.24) is 5.32 Å². The van der Waals surface area contributed by atoms with E-state index in [0.29, 0.717) is 12.8 Å². The summed E-state index contributed by atoms with van der Waals surface area (Å²) in [7, 11) is 0. The number of rotatable bonds is 4. The van der Waals surface area contributed by atoms with Crippen LogP contribution in [0.25, 0.3) is 0 Å². The van der Waals surface area contributed by atoms with Gasteiger partial charge in [0.25, 0.3) is 0 Å². The fourth-order valence-corrected chi connectivity index (χ4v) is 2.63. The number of nitrogens with one attached hydrogen (secondary N) is 1. The lowest BCUT2D eigenvalue weighted by Gasteiger charge is -2.38. The summed E-state index contributed by atoms with van der Waals surface area (Å²) in [5, 5.41) is 2.36. The summed E-state index contributed by atoms with van der Waals surface area (Å²) in [5.41, 5.74) is -1.09. The van der Waals surface area contributed by atoms with Gasteiger partial charge in [-0.05, 0) is 12.8 Å². The van der Waals surface area contributed by atoms with Crippen LogP contribution in [0.1, 0.15) is 52.4 Å². The third-order valence-electron chi connectivity index (χ3n) is 3.44. The molecule has 0 spiro atoms. The molecule has 1 aliphatic rings. The lowest BCUT2D eigenvalue weighted by molar-refractivity contribution is -0.157. The Hall–Kier alpha value is -1.07. The lowest BCUT2D eigenvalue weighted by Crippen LogP contribution is -2.57. The molecule has 1 aliphatic carbocycles. The van der Waals surface area contributed by atoms with Crippen molar-refractivity contribution >= 4 is 11.7 Å². The van der Waals surface area contributed by atoms with Crippen molar-refractivity contribution in [2.24, 2.45) is 5.92 Å². The van der Waals surface area contributed by atoms with Gasteiger partial charge in [-0.1, -0.05) is 33.1 Å². The minimum atomic E-state index is -4.54. The van der Waals surface area contributed by atoms with Crippen molar-refractivity contribution < 1.29 is 22.8 Å². The van der Waals surface area contributed by atoms with E-state index in [1.165, 1.54) is 0 Å². The van der Waals surface area contributed by atoms with Crippen LogP contribution in [0.4, 0.5) is 13.2 Å². The predicted molar refractivity (Wildman–Crippen MR) is 64.5 cm³/mol. The highest BCUT2D eigenvalue weighted by molar-refractivity contribution is 5.94. The SMILES string of the molecule is CC(C)C(=O)C1(NC(=O)CC(F)(F)F)CCCCC1. The van der Waals surface area contributed by atoms with E-state index in [0.717, 1.165) is 19.3 Å². The molecule has 1 N–H and O–H groups in total. The van der Waals surface area contributed by atoms with Gasteiger partial charge in [0, 0.05) is 5.92 Å². The Bertz CT molecular complexity index is 344. The van der Waals surface area contributed by atoms with Gasteiger partial charge in [0.05, 0.1) is 5.54 Å². The van der Waals surface area contributed by atoms with E-state index in [4.69, 9.17) is 0 Å². The molecule has 3 nitrogen and oxygen atoms in total. The largest absolute Gasteiger partial charge is 0.397 e. The van der Waals surface area contributed by atoms with Crippen LogP contribution in [0.15, 0.2) is 0 Å². The summed E-state index contributed by atoms with van der Waals surface area (Å²) in [6, 6.07) is 0. The van der Waals surface area contributed by atoms with Crippen molar-refractivity contribution in [1.29, 1.82) is 0 Å². The topological polar surface area (TPSA) is 46.2 Å². The molecule has 0 unspecified atom stereocenters. The van der Waals surface area contributed by atoms with Crippen LogP contribution >= 0.6 is 0 Å². The molecule has 0 aromatic rings. The van der Waals surface area contributed by atoms with Crippen LogP contribution in [0.2, 0.25) is 0 Å². The Morgan fingerprint density at radius 2 is 1.68 bits per heavy atom. The molecule has 0 atom stereocenters. The molecule has 0 bridgehead atoms. The number of hydrogen-bond acceptors (Lipinski definition) is 2. The standard InChI is InChI=1S/C13H20F3NO2/c1-9(2)11(19)12(6-4-3-5-7-12)17-10(18)8-13(14,15)16/h9H,3-8H2,1-2H3,(H,17,18). The van der Waals surface area contributed by atoms with Crippen LogP contribution in [0.3, 0.4) is 0 Å². The molecular weight excluding hydrogens is 259 g/mol. The van der Waals surface area contributed by atoms with Crippen LogP contribution < -0.4 is 5.32 Å². The molecule has 1 amide bonds. The molecule has 0 aromatic carbocycles. The van der Waals surface area contributed by atoms with E-state index in [1.807, 2.05) is 0 Å². The van der Waals surface area contributed by atoms with Crippen LogP contribution in [-0.4, -0.2) is 23.4 Å². The molecule has 0 aliphatic heterocycles. The number of ketones is 1. The number of carbonyl (C=O) groups excluding carboxylic acids is 2. The first-order valence-corrected chi connectivity index (χ1v) is 6.58. The van der Waals surface area contributed by atoms with Crippen molar-refractivity contribution in [2.45, 2.75) is 64.1 Å². The smallest absolute Gasteiger partial charge is 0.343 e. The van der Waals surface area contributed by atoms with Gasteiger partial charge < -0.3 is 5.32 Å². The number of carbonyl (C=O) groups is 2. The predicted octanol–water partition coefficient (Wildman–Crippen LogP) is 2.98. The zero-order chi connectivity index (χ0) is 14.7. The molecule has 6 heteroatoms. The first kappa shape index (κ1) is 16.0. The second-order valence-electron chi connectivity index (χ2n) is 5.50. The Kier molecular flexibility index (Phi) is 4.98. The fourth-order valence-electron chi connectivity index (χ4n) is 2.63. The quantitative estimate of drug-likeness (QED) is 0.860. The van der Waals surface area contributed by atoms with Gasteiger partial charge in [-0.2, -0.15) is 13.2 Å². The number of hydrogen-bond donors (Lipinski definition) is 1. The maximum absolute atomic E-state index is 12.2. The minimum absolute atomic E-state index is 0.164. The third-order valence-corrected chi connectivity index (χ3v) is 3.44. The molecule has 110 valence electrons. The van der Waals surface area contributed by atoms with Crippen molar-refractivity contribution in [2.75, 3.05) is 0 Å². The highest BCUT2D eigenvalue weighted by Gasteiger charge is 2.43. The second kappa shape index (κ2) is 5.92. The molecule has 0 heterocycles. The maximum Gasteiger partial charge on any atom is 0.397 e. The molecule has 0 radical (unpaired) electrons. The van der Waals surface area contributed by atoms with Gasteiger partial charge in [0.15, 0.2) is 5.78 Å². The normalized spacial score (nSPS) is 19.3. The van der Waals surface area contributed by atoms with Gasteiger partial charge in [-0.25, -0.2) is 0 Å². The zero-order valence-electron chi connectivity index (χ0n) is 11.3. The van der Waals surface area contributed by atoms with E-state index >= 15 is 0 Å². The van der Waals surface area contributed by atoms with E-state index in [2.05, 4.69) is 5.32 Å². The van der Waals surface area contributed by atoms with E-state index < -0.39 is 24.0 Å². The van der Waals surface area contributed by atoms with Gasteiger partial charge in [-0.15, -0.1) is 0 Å². The fraction of sp³-hybridized carbons (Fsp3) is 0.846. The first-order chi connectivity index (χ1) is 8.66. The number of alkyl halides is 3. The van der Waals surface area contributed by atoms with Gasteiger partial charge in [0.2, 0.25) is 5.91 Å². The van der Waals surface area contributed by atoms with E-state index in [1.54, 1.807) is 13.8 Å². The van der Waals surface area contributed by atoms with Gasteiger partial charge >= 0.3 is 6.18 Å². The second-order valence-corrected chi connectivity index (χ2v) is 5.50. The van der Waals surface area contributed by atoms with Crippen molar-refractivity contribution in [3.63, 3.8) is 0 Å². The highest BCUT2D eigenvalue weighted by atomic mass is 19.4. The number of Topliss-reactive ketones (excluding diaryl/α,β-unsaturated/α-hetero) is 1. The molecule has 1 saturated carbocycles. The Balaban J connectivity index is 2.81. The lowest BCUT2D eigenvalue weighted by atomic mass is 9.75. The summed E-state index contributed by atoms with van der Waals surface area (Å²) in [6.45, 7) is 3.41. The molecular formula is C13H20F3NO2. The average molecular weight is 279 g/mol. The minimum Gasteiger partial charge on any atom is -0.343 e. The molecule has 19 heavy (non-hydrogen) atoms. The molecule has 0 aromatic heterocycles. The Labute approximate surface area is 110 Å². The maximum atomic E-state index is 12.2. The van der Waals surface area contributed by atoms with Gasteiger partial charge in [0.1, 0.15) is 6.42 Å². The Morgan fingerprint density at radius 1 is 1.16 bits per heavy atom. The molecule has 0 saturated heterocycles. The Morgan fingerprint density at radius 3 is 2.11 bits per heavy atom.